The van der Waals surface area contributed by atoms with Crippen LogP contribution >= 0.6 is 0 Å². The molecule has 5 heteroatoms. The van der Waals surface area contributed by atoms with Crippen molar-refractivity contribution in [2.45, 2.75) is 32.6 Å². The second-order valence-electron chi connectivity index (χ2n) is 6.43. The smallest absolute Gasteiger partial charge is 0.411 e. The van der Waals surface area contributed by atoms with Gasteiger partial charge in [0.05, 0.1) is 19.0 Å². The van der Waals surface area contributed by atoms with Crippen LogP contribution in [0.3, 0.4) is 0 Å². The molecule has 0 fully saturated rings. The molecule has 26 heavy (non-hydrogen) atoms. The average Bonchev–Trinajstić information content (AvgIpc) is 2.63. The van der Waals surface area contributed by atoms with E-state index in [4.69, 9.17) is 4.74 Å². The number of halogens is 1. The Hall–Kier alpha value is -2.56. The van der Waals surface area contributed by atoms with Gasteiger partial charge in [-0.2, -0.15) is 0 Å². The van der Waals surface area contributed by atoms with E-state index in [9.17, 15) is 14.3 Å². The van der Waals surface area contributed by atoms with Gasteiger partial charge in [0.2, 0.25) is 0 Å². The predicted molar refractivity (Wildman–Crippen MR) is 102 cm³/mol. The van der Waals surface area contributed by atoms with Gasteiger partial charge in [-0.1, -0.05) is 44.2 Å². The van der Waals surface area contributed by atoms with E-state index >= 15 is 0 Å². The van der Waals surface area contributed by atoms with Crippen molar-refractivity contribution in [3.8, 4) is 5.75 Å². The number of hydrogen-bond donors (Lipinski definition) is 1. The van der Waals surface area contributed by atoms with Crippen molar-refractivity contribution in [1.29, 1.82) is 0 Å². The molecular weight excluding hydrogens is 333 g/mol. The maximum absolute atomic E-state index is 12.1. The number of alkyl halides is 1. The van der Waals surface area contributed by atoms with Crippen LogP contribution in [0.2, 0.25) is 0 Å². The van der Waals surface area contributed by atoms with E-state index < -0.39 is 6.09 Å². The van der Waals surface area contributed by atoms with Crippen molar-refractivity contribution >= 4 is 11.8 Å². The van der Waals surface area contributed by atoms with Crippen LogP contribution in [0, 0.1) is 0 Å². The maximum atomic E-state index is 12.1. The normalized spacial score (nSPS) is 10.8. The lowest BCUT2D eigenvalue weighted by Crippen LogP contribution is -2.32. The molecule has 2 aromatic carbocycles. The molecule has 0 saturated heterocycles. The molecule has 1 amide bonds. The summed E-state index contributed by atoms with van der Waals surface area (Å²) in [5, 5.41) is 9.65. The Kier molecular flexibility index (Phi) is 7.45. The number of nitrogens with zero attached hydrogens (tertiary/aromatic N) is 1. The minimum absolute atomic E-state index is 0.244. The topological polar surface area (TPSA) is 49.8 Å². The Labute approximate surface area is 154 Å². The number of benzene rings is 2. The molecule has 0 radical (unpaired) electrons. The van der Waals surface area contributed by atoms with Gasteiger partial charge in [-0.25, -0.2) is 4.79 Å². The largest absolute Gasteiger partial charge is 0.494 e. The SMILES string of the molecule is CC(C)c1ccccc1N(CCc1ccc(OCCCF)cc1)C(=O)O. The summed E-state index contributed by atoms with van der Waals surface area (Å²) in [6.45, 7) is 4.46. The summed E-state index contributed by atoms with van der Waals surface area (Å²) in [5.41, 5.74) is 2.78. The third kappa shape index (κ3) is 5.48. The standard InChI is InChI=1S/C21H26FNO3/c1-16(2)19-6-3-4-7-20(19)23(21(24)25)14-12-17-8-10-18(11-9-17)26-15-5-13-22/h3-4,6-11,16H,5,12-15H2,1-2H3,(H,24,25). The molecule has 1 N–H and O–H groups in total. The molecule has 0 aliphatic heterocycles. The van der Waals surface area contributed by atoms with Crippen LogP contribution in [0.4, 0.5) is 14.9 Å². The number of hydrogen-bond acceptors (Lipinski definition) is 2. The molecule has 0 heterocycles. The third-order valence-corrected chi connectivity index (χ3v) is 4.17. The van der Waals surface area contributed by atoms with Crippen molar-refractivity contribution in [3.05, 3.63) is 59.7 Å². The minimum Gasteiger partial charge on any atom is -0.494 e. The second-order valence-corrected chi connectivity index (χ2v) is 6.43. The summed E-state index contributed by atoms with van der Waals surface area (Å²) in [5.74, 6) is 0.941. The molecule has 0 bridgehead atoms. The predicted octanol–water partition coefficient (Wildman–Crippen LogP) is 5.28. The second kappa shape index (κ2) is 9.80. The third-order valence-electron chi connectivity index (χ3n) is 4.17. The molecule has 2 rings (SSSR count). The van der Waals surface area contributed by atoms with E-state index in [-0.39, 0.29) is 12.6 Å². The highest BCUT2D eigenvalue weighted by Gasteiger charge is 2.18. The Morgan fingerprint density at radius 2 is 1.85 bits per heavy atom. The lowest BCUT2D eigenvalue weighted by molar-refractivity contribution is 0.202. The van der Waals surface area contributed by atoms with Crippen LogP contribution in [-0.2, 0) is 6.42 Å². The fraction of sp³-hybridized carbons (Fsp3) is 0.381. The zero-order chi connectivity index (χ0) is 18.9. The molecule has 0 atom stereocenters. The van der Waals surface area contributed by atoms with Crippen LogP contribution in [0.5, 0.6) is 5.75 Å². The minimum atomic E-state index is -0.954. The van der Waals surface area contributed by atoms with Crippen molar-refractivity contribution < 1.29 is 19.0 Å². The number of carboxylic acid groups (broad SMARTS) is 1. The van der Waals surface area contributed by atoms with Gasteiger partial charge >= 0.3 is 6.09 Å². The van der Waals surface area contributed by atoms with Gasteiger partial charge in [-0.15, -0.1) is 0 Å². The highest BCUT2D eigenvalue weighted by molar-refractivity contribution is 5.87. The summed E-state index contributed by atoms with van der Waals surface area (Å²) in [6.07, 6.45) is 0.0259. The lowest BCUT2D eigenvalue weighted by atomic mass is 10.0. The Bertz CT molecular complexity index is 701. The van der Waals surface area contributed by atoms with E-state index in [2.05, 4.69) is 13.8 Å². The van der Waals surface area contributed by atoms with E-state index in [0.717, 1.165) is 16.8 Å². The number of ether oxygens (including phenoxy) is 1. The van der Waals surface area contributed by atoms with Crippen LogP contribution in [0.15, 0.2) is 48.5 Å². The highest BCUT2D eigenvalue weighted by Crippen LogP contribution is 2.27. The van der Waals surface area contributed by atoms with Gasteiger partial charge in [0.15, 0.2) is 0 Å². The molecule has 0 saturated carbocycles. The van der Waals surface area contributed by atoms with Crippen molar-refractivity contribution in [1.82, 2.24) is 0 Å². The molecule has 0 aliphatic carbocycles. The fourth-order valence-electron chi connectivity index (χ4n) is 2.78. The van der Waals surface area contributed by atoms with E-state index in [1.807, 2.05) is 48.5 Å². The van der Waals surface area contributed by atoms with E-state index in [1.54, 1.807) is 0 Å². The highest BCUT2D eigenvalue weighted by atomic mass is 19.1. The summed E-state index contributed by atoms with van der Waals surface area (Å²) in [4.78, 5) is 13.2. The van der Waals surface area contributed by atoms with Gasteiger partial charge < -0.3 is 9.84 Å². The van der Waals surface area contributed by atoms with Gasteiger partial charge in [0, 0.05) is 13.0 Å². The van der Waals surface area contributed by atoms with Crippen LogP contribution in [-0.4, -0.2) is 31.0 Å². The van der Waals surface area contributed by atoms with Crippen LogP contribution in [0.25, 0.3) is 0 Å². The zero-order valence-corrected chi connectivity index (χ0v) is 15.3. The zero-order valence-electron chi connectivity index (χ0n) is 15.3. The van der Waals surface area contributed by atoms with Gasteiger partial charge in [0.25, 0.3) is 0 Å². The molecule has 0 aliphatic rings. The van der Waals surface area contributed by atoms with Crippen LogP contribution < -0.4 is 9.64 Å². The number of carbonyl (C=O) groups is 1. The Morgan fingerprint density at radius 3 is 2.46 bits per heavy atom. The maximum Gasteiger partial charge on any atom is 0.411 e. The lowest BCUT2D eigenvalue weighted by Gasteiger charge is -2.24. The first-order chi connectivity index (χ1) is 12.5. The molecule has 0 spiro atoms. The van der Waals surface area contributed by atoms with Crippen molar-refractivity contribution in [2.24, 2.45) is 0 Å². The van der Waals surface area contributed by atoms with Gasteiger partial charge in [0.1, 0.15) is 5.75 Å². The number of anilines is 1. The first-order valence-electron chi connectivity index (χ1n) is 8.90. The molecule has 4 nitrogen and oxygen atoms in total. The summed E-state index contributed by atoms with van der Waals surface area (Å²) < 4.78 is 17.5. The number of para-hydroxylation sites is 1. The first-order valence-corrected chi connectivity index (χ1v) is 8.90. The average molecular weight is 359 g/mol. The number of rotatable bonds is 9. The number of amides is 1. The Morgan fingerprint density at radius 1 is 1.15 bits per heavy atom. The van der Waals surface area contributed by atoms with Crippen molar-refractivity contribution in [3.63, 3.8) is 0 Å². The van der Waals surface area contributed by atoms with Crippen LogP contribution in [0.1, 0.15) is 37.3 Å². The molecule has 0 unspecified atom stereocenters. The summed E-state index contributed by atoms with van der Waals surface area (Å²) in [6, 6.07) is 15.1. The summed E-state index contributed by atoms with van der Waals surface area (Å²) >= 11 is 0. The molecule has 0 aromatic heterocycles. The van der Waals surface area contributed by atoms with E-state index in [0.29, 0.717) is 31.7 Å². The first kappa shape index (κ1) is 19.8. The van der Waals surface area contributed by atoms with Gasteiger partial charge in [-0.05, 0) is 41.7 Å². The fourth-order valence-corrected chi connectivity index (χ4v) is 2.78. The van der Waals surface area contributed by atoms with Gasteiger partial charge in [-0.3, -0.25) is 9.29 Å². The Balaban J connectivity index is 2.04. The molecular formula is C21H26FNO3. The van der Waals surface area contributed by atoms with E-state index in [1.165, 1.54) is 4.90 Å². The molecule has 140 valence electrons. The quantitative estimate of drug-likeness (QED) is 0.620. The summed E-state index contributed by atoms with van der Waals surface area (Å²) in [7, 11) is 0. The molecule has 2 aromatic rings. The monoisotopic (exact) mass is 359 g/mol. The van der Waals surface area contributed by atoms with Crippen molar-refractivity contribution in [2.75, 3.05) is 24.7 Å².